The van der Waals surface area contributed by atoms with Crippen LogP contribution in [-0.2, 0) is 13.2 Å². The van der Waals surface area contributed by atoms with Gasteiger partial charge in [0.05, 0.1) is 36.2 Å². The second-order valence-electron chi connectivity index (χ2n) is 10.2. The van der Waals surface area contributed by atoms with E-state index in [0.29, 0.717) is 18.6 Å². The van der Waals surface area contributed by atoms with Crippen LogP contribution in [0.25, 0.3) is 11.0 Å². The molecule has 0 atom stereocenters. The van der Waals surface area contributed by atoms with Crippen LogP contribution in [0.5, 0.6) is 5.75 Å². The van der Waals surface area contributed by atoms with Crippen LogP contribution < -0.4 is 15.6 Å². The molecule has 0 aromatic carbocycles. The number of ether oxygens (including phenoxy) is 1. The number of hydrogen-bond donors (Lipinski definition) is 1. The van der Waals surface area contributed by atoms with Crippen molar-refractivity contribution in [2.24, 2.45) is 0 Å². The fourth-order valence-electron chi connectivity index (χ4n) is 5.03. The lowest BCUT2D eigenvalue weighted by molar-refractivity contribution is 0.159. The van der Waals surface area contributed by atoms with Gasteiger partial charge in [0, 0.05) is 43.5 Å². The van der Waals surface area contributed by atoms with E-state index in [1.807, 2.05) is 30.8 Å². The molecule has 7 heteroatoms. The summed E-state index contributed by atoms with van der Waals surface area (Å²) in [6, 6.07) is 6.49. The largest absolute Gasteiger partial charge is 0.492 e. The third-order valence-electron chi connectivity index (χ3n) is 7.21. The van der Waals surface area contributed by atoms with Gasteiger partial charge in [0.1, 0.15) is 5.75 Å². The van der Waals surface area contributed by atoms with Gasteiger partial charge in [-0.05, 0) is 75.1 Å². The number of pyridine rings is 3. The first-order chi connectivity index (χ1) is 17.0. The summed E-state index contributed by atoms with van der Waals surface area (Å²) in [5, 5.41) is 3.72. The average Bonchev–Trinajstić information content (AvgIpc) is 3.70. The molecule has 1 saturated carbocycles. The quantitative estimate of drug-likeness (QED) is 0.498. The monoisotopic (exact) mass is 475 g/mol. The van der Waals surface area contributed by atoms with Crippen LogP contribution in [0.2, 0.25) is 0 Å². The first-order valence-corrected chi connectivity index (χ1v) is 13.1. The molecule has 186 valence electrons. The highest BCUT2D eigenvalue weighted by Crippen LogP contribution is 2.44. The van der Waals surface area contributed by atoms with E-state index < -0.39 is 0 Å². The van der Waals surface area contributed by atoms with E-state index in [1.165, 1.54) is 18.4 Å². The van der Waals surface area contributed by atoms with Crippen LogP contribution in [0.3, 0.4) is 0 Å². The molecule has 3 aromatic rings. The zero-order valence-corrected chi connectivity index (χ0v) is 21.2. The molecule has 3 aromatic heterocycles. The first-order valence-electron chi connectivity index (χ1n) is 13.1. The van der Waals surface area contributed by atoms with Gasteiger partial charge < -0.3 is 10.1 Å². The lowest BCUT2D eigenvalue weighted by Gasteiger charge is -2.33. The van der Waals surface area contributed by atoms with Gasteiger partial charge in [-0.2, -0.15) is 0 Å². The van der Waals surface area contributed by atoms with Crippen molar-refractivity contribution >= 4 is 11.0 Å². The Morgan fingerprint density at radius 3 is 2.60 bits per heavy atom. The second-order valence-corrected chi connectivity index (χ2v) is 10.2. The van der Waals surface area contributed by atoms with Crippen molar-refractivity contribution in [2.75, 3.05) is 19.7 Å². The average molecular weight is 476 g/mol. The number of aromatic nitrogens is 3. The highest BCUT2D eigenvalue weighted by molar-refractivity contribution is 5.78. The Bertz CT molecular complexity index is 1240. The van der Waals surface area contributed by atoms with Crippen LogP contribution in [0, 0.1) is 13.8 Å². The van der Waals surface area contributed by atoms with E-state index in [9.17, 15) is 4.79 Å². The molecule has 0 unspecified atom stereocenters. The van der Waals surface area contributed by atoms with E-state index in [1.54, 1.807) is 6.07 Å². The maximum atomic E-state index is 12.8. The van der Waals surface area contributed by atoms with E-state index in [4.69, 9.17) is 4.74 Å². The molecule has 0 radical (unpaired) electrons. The summed E-state index contributed by atoms with van der Waals surface area (Å²) in [6.45, 7) is 10.2. The van der Waals surface area contributed by atoms with Crippen molar-refractivity contribution in [3.05, 3.63) is 63.3 Å². The number of hydrogen-bond acceptors (Lipinski definition) is 6. The highest BCUT2D eigenvalue weighted by atomic mass is 16.5. The zero-order chi connectivity index (χ0) is 24.4. The molecule has 1 aliphatic heterocycles. The van der Waals surface area contributed by atoms with Crippen molar-refractivity contribution in [1.82, 2.24) is 24.8 Å². The van der Waals surface area contributed by atoms with Gasteiger partial charge in [-0.3, -0.25) is 24.2 Å². The Kier molecular flexibility index (Phi) is 7.16. The number of likely N-dealkylation sites (tertiary alicyclic amines) is 1. The van der Waals surface area contributed by atoms with Gasteiger partial charge in [-0.15, -0.1) is 0 Å². The topological polar surface area (TPSA) is 72.3 Å². The predicted molar refractivity (Wildman–Crippen MR) is 139 cm³/mol. The fraction of sp³-hybridized carbons (Fsp3) is 0.536. The number of rotatable bonds is 9. The summed E-state index contributed by atoms with van der Waals surface area (Å²) < 4.78 is 7.81. The summed E-state index contributed by atoms with van der Waals surface area (Å²) in [4.78, 5) is 24.4. The molecule has 1 aliphatic carbocycles. The van der Waals surface area contributed by atoms with Gasteiger partial charge in [0.2, 0.25) is 0 Å². The van der Waals surface area contributed by atoms with Crippen molar-refractivity contribution in [1.29, 1.82) is 0 Å². The third-order valence-corrected chi connectivity index (χ3v) is 7.21. The lowest BCUT2D eigenvalue weighted by Crippen LogP contribution is -2.44. The van der Waals surface area contributed by atoms with E-state index in [0.717, 1.165) is 79.1 Å². The van der Waals surface area contributed by atoms with E-state index >= 15 is 0 Å². The molecule has 35 heavy (non-hydrogen) atoms. The van der Waals surface area contributed by atoms with Gasteiger partial charge in [0.25, 0.3) is 5.56 Å². The molecule has 2 aliphatic rings. The van der Waals surface area contributed by atoms with Crippen LogP contribution >= 0.6 is 0 Å². The minimum absolute atomic E-state index is 0.0477. The Morgan fingerprint density at radius 1 is 1.06 bits per heavy atom. The molecule has 5 rings (SSSR count). The first kappa shape index (κ1) is 23.9. The van der Waals surface area contributed by atoms with Gasteiger partial charge in [-0.1, -0.05) is 6.92 Å². The standard InChI is InChI=1S/C28H37N5O2/c1-4-11-35-26-17-30-23(14-24(26)21-5-6-21)16-29-22-7-9-32(10-8-22)18-33-25-12-19(2)15-31-28(25)20(3)13-27(33)34/h12-15,17,21-22,29H,4-11,16,18H2,1-3H3. The number of fused-ring (bicyclic) bond motifs is 1. The minimum atomic E-state index is 0.0477. The highest BCUT2D eigenvalue weighted by Gasteiger charge is 2.28. The van der Waals surface area contributed by atoms with Gasteiger partial charge >= 0.3 is 0 Å². The van der Waals surface area contributed by atoms with Crippen molar-refractivity contribution in [3.8, 4) is 5.75 Å². The van der Waals surface area contributed by atoms with Crippen LogP contribution in [-0.4, -0.2) is 45.2 Å². The Hall–Kier alpha value is -2.77. The molecule has 4 heterocycles. The Labute approximate surface area is 207 Å². The molecule has 0 amide bonds. The van der Waals surface area contributed by atoms with Gasteiger partial charge in [-0.25, -0.2) is 0 Å². The summed E-state index contributed by atoms with van der Waals surface area (Å²) in [5.74, 6) is 1.61. The minimum Gasteiger partial charge on any atom is -0.492 e. The second kappa shape index (κ2) is 10.5. The maximum absolute atomic E-state index is 12.8. The number of piperidine rings is 1. The molecular weight excluding hydrogens is 438 g/mol. The number of nitrogens with zero attached hydrogens (tertiary/aromatic N) is 4. The molecule has 2 fully saturated rings. The lowest BCUT2D eigenvalue weighted by atomic mass is 10.0. The summed E-state index contributed by atoms with van der Waals surface area (Å²) in [7, 11) is 0. The molecular formula is C28H37N5O2. The third kappa shape index (κ3) is 5.57. The van der Waals surface area contributed by atoms with Crippen LogP contribution in [0.4, 0.5) is 0 Å². The molecule has 0 bridgehead atoms. The molecule has 7 nitrogen and oxygen atoms in total. The van der Waals surface area contributed by atoms with Crippen molar-refractivity contribution < 1.29 is 4.74 Å². The van der Waals surface area contributed by atoms with E-state index in [2.05, 4.69) is 39.2 Å². The van der Waals surface area contributed by atoms with Crippen LogP contribution in [0.1, 0.15) is 67.3 Å². The van der Waals surface area contributed by atoms with E-state index in [-0.39, 0.29) is 5.56 Å². The Balaban J connectivity index is 1.18. The fourth-order valence-corrected chi connectivity index (χ4v) is 5.03. The molecule has 1 saturated heterocycles. The number of aryl methyl sites for hydroxylation is 2. The maximum Gasteiger partial charge on any atom is 0.252 e. The normalized spacial score (nSPS) is 17.2. The molecule has 1 N–H and O–H groups in total. The van der Waals surface area contributed by atoms with Crippen molar-refractivity contribution in [3.63, 3.8) is 0 Å². The Morgan fingerprint density at radius 2 is 1.86 bits per heavy atom. The van der Waals surface area contributed by atoms with Crippen LogP contribution in [0.15, 0.2) is 35.4 Å². The van der Waals surface area contributed by atoms with Crippen molar-refractivity contribution in [2.45, 2.75) is 78.0 Å². The predicted octanol–water partition coefficient (Wildman–Crippen LogP) is 4.29. The smallest absolute Gasteiger partial charge is 0.252 e. The SMILES string of the molecule is CCCOc1cnc(CNC2CCN(Cn3c(=O)cc(C)c4ncc(C)cc43)CC2)cc1C1CC1. The summed E-state index contributed by atoms with van der Waals surface area (Å²) >= 11 is 0. The summed E-state index contributed by atoms with van der Waals surface area (Å²) in [5.41, 5.74) is 6.33. The molecule has 0 spiro atoms. The number of nitrogens with one attached hydrogen (secondary N) is 1. The van der Waals surface area contributed by atoms with Gasteiger partial charge in [0.15, 0.2) is 0 Å². The summed E-state index contributed by atoms with van der Waals surface area (Å²) in [6.07, 6.45) is 9.43. The zero-order valence-electron chi connectivity index (χ0n) is 21.2.